The molecule has 1 unspecified atom stereocenters. The van der Waals surface area contributed by atoms with E-state index in [-0.39, 0.29) is 11.9 Å². The number of aldehydes is 1. The molecule has 4 rings (SSSR count). The van der Waals surface area contributed by atoms with Gasteiger partial charge in [0.15, 0.2) is 0 Å². The molecule has 0 amide bonds. The quantitative estimate of drug-likeness (QED) is 0.673. The maximum absolute atomic E-state index is 14.1. The maximum Gasteiger partial charge on any atom is 0.132 e. The normalized spacial score (nSPS) is 16.4. The Hall–Kier alpha value is -2.49. The highest BCUT2D eigenvalue weighted by Gasteiger charge is 2.27. The van der Waals surface area contributed by atoms with E-state index in [4.69, 9.17) is 0 Å². The van der Waals surface area contributed by atoms with Gasteiger partial charge in [-0.1, -0.05) is 12.1 Å². The third kappa shape index (κ3) is 1.80. The van der Waals surface area contributed by atoms with Crippen LogP contribution in [-0.4, -0.2) is 15.8 Å². The zero-order valence-corrected chi connectivity index (χ0v) is 12.2. The van der Waals surface area contributed by atoms with E-state index in [2.05, 4.69) is 15.6 Å². The smallest absolute Gasteiger partial charge is 0.132 e. The van der Waals surface area contributed by atoms with E-state index >= 15 is 0 Å². The third-order valence-corrected chi connectivity index (χ3v) is 4.38. The van der Waals surface area contributed by atoms with Crippen LogP contribution in [0.5, 0.6) is 0 Å². The third-order valence-electron chi connectivity index (χ3n) is 4.38. The van der Waals surface area contributed by atoms with Crippen molar-refractivity contribution in [3.05, 3.63) is 53.5 Å². The van der Waals surface area contributed by atoms with Crippen LogP contribution in [0.4, 0.5) is 4.39 Å². The van der Waals surface area contributed by atoms with Gasteiger partial charge in [0, 0.05) is 23.5 Å². The van der Waals surface area contributed by atoms with Crippen molar-refractivity contribution < 1.29 is 9.18 Å². The summed E-state index contributed by atoms with van der Waals surface area (Å²) in [6, 6.07) is 11.0. The molecule has 3 heterocycles. The second kappa shape index (κ2) is 4.77. The van der Waals surface area contributed by atoms with Gasteiger partial charge in [-0.3, -0.25) is 4.98 Å². The summed E-state index contributed by atoms with van der Waals surface area (Å²) in [5, 5.41) is 0.588. The molecule has 0 fully saturated rings. The van der Waals surface area contributed by atoms with Gasteiger partial charge >= 0.3 is 0 Å². The van der Waals surface area contributed by atoms with Gasteiger partial charge in [0.25, 0.3) is 0 Å². The van der Waals surface area contributed by atoms with Crippen LogP contribution in [0.25, 0.3) is 22.3 Å². The number of nitrogens with zero attached hydrogens (tertiary/aromatic N) is 2. The van der Waals surface area contributed by atoms with Crippen LogP contribution >= 0.6 is 0 Å². The number of aromatic nitrogens is 2. The van der Waals surface area contributed by atoms with E-state index in [1.54, 1.807) is 6.07 Å². The minimum Gasteiger partial charge on any atom is -0.335 e. The Morgan fingerprint density at radius 1 is 1.36 bits per heavy atom. The van der Waals surface area contributed by atoms with E-state index in [0.717, 1.165) is 40.9 Å². The zero-order valence-electron chi connectivity index (χ0n) is 12.2. The van der Waals surface area contributed by atoms with Crippen molar-refractivity contribution in [1.82, 2.24) is 9.55 Å². The van der Waals surface area contributed by atoms with Gasteiger partial charge in [0.2, 0.25) is 0 Å². The Morgan fingerprint density at radius 3 is 3.05 bits per heavy atom. The number of carbonyl (C=O) groups is 1. The Bertz CT molecular complexity index is 897. The summed E-state index contributed by atoms with van der Waals surface area (Å²) in [4.78, 5) is 15.7. The molecule has 3 nitrogen and oxygen atoms in total. The second-order valence-corrected chi connectivity index (χ2v) is 5.79. The second-order valence-electron chi connectivity index (χ2n) is 5.79. The average molecular weight is 294 g/mol. The predicted octanol–water partition coefficient (Wildman–Crippen LogP) is 3.84. The van der Waals surface area contributed by atoms with Gasteiger partial charge in [0.05, 0.1) is 16.9 Å². The molecule has 0 radical (unpaired) electrons. The first-order valence-corrected chi connectivity index (χ1v) is 7.39. The van der Waals surface area contributed by atoms with E-state index in [9.17, 15) is 9.18 Å². The van der Waals surface area contributed by atoms with Crippen LogP contribution in [0.15, 0.2) is 36.4 Å². The molecule has 4 heteroatoms. The van der Waals surface area contributed by atoms with Gasteiger partial charge in [-0.2, -0.15) is 0 Å². The molecular weight excluding hydrogens is 279 g/mol. The van der Waals surface area contributed by atoms with E-state index < -0.39 is 0 Å². The molecule has 1 aliphatic heterocycles. The number of carbonyl (C=O) groups excluding carboxylic acids is 1. The summed E-state index contributed by atoms with van der Waals surface area (Å²) in [7, 11) is 0. The van der Waals surface area contributed by atoms with Crippen LogP contribution < -0.4 is 0 Å². The first-order chi connectivity index (χ1) is 10.7. The van der Waals surface area contributed by atoms with Crippen molar-refractivity contribution in [1.29, 1.82) is 0 Å². The van der Waals surface area contributed by atoms with Gasteiger partial charge in [-0.25, -0.2) is 4.39 Å². The highest BCUT2D eigenvalue weighted by atomic mass is 19.1. The van der Waals surface area contributed by atoms with Crippen molar-refractivity contribution in [3.63, 3.8) is 0 Å². The van der Waals surface area contributed by atoms with Crippen LogP contribution in [0, 0.1) is 12.7 Å². The summed E-state index contributed by atoms with van der Waals surface area (Å²) >= 11 is 0. The number of benzene rings is 1. The van der Waals surface area contributed by atoms with Crippen molar-refractivity contribution in [2.24, 2.45) is 0 Å². The fourth-order valence-electron chi connectivity index (χ4n) is 3.41. The molecule has 22 heavy (non-hydrogen) atoms. The van der Waals surface area contributed by atoms with Gasteiger partial charge in [-0.15, -0.1) is 0 Å². The largest absolute Gasteiger partial charge is 0.335 e. The standard InChI is InChI=1S/C18H15FN2O/c1-11-5-6-12-9-13(7-8-22)21-16-4-2-3-15(19)14(16)10-17(21)18(12)20-11/h2-6,8,10,13H,7,9H2,1H3. The molecule has 0 saturated heterocycles. The van der Waals surface area contributed by atoms with Crippen LogP contribution in [0.3, 0.4) is 0 Å². The first kappa shape index (κ1) is 13.2. The predicted molar refractivity (Wildman–Crippen MR) is 83.3 cm³/mol. The van der Waals surface area contributed by atoms with Crippen molar-refractivity contribution in [2.75, 3.05) is 0 Å². The lowest BCUT2D eigenvalue weighted by Gasteiger charge is -2.27. The molecule has 110 valence electrons. The Morgan fingerprint density at radius 2 is 2.23 bits per heavy atom. The highest BCUT2D eigenvalue weighted by Crippen LogP contribution is 2.40. The number of hydrogen-bond donors (Lipinski definition) is 0. The minimum absolute atomic E-state index is 0.0174. The number of pyridine rings is 1. The first-order valence-electron chi connectivity index (χ1n) is 7.39. The zero-order chi connectivity index (χ0) is 15.3. The van der Waals surface area contributed by atoms with E-state index in [1.165, 1.54) is 6.07 Å². The lowest BCUT2D eigenvalue weighted by molar-refractivity contribution is -0.108. The topological polar surface area (TPSA) is 34.9 Å². The molecule has 1 aliphatic rings. The van der Waals surface area contributed by atoms with Gasteiger partial charge in [0.1, 0.15) is 12.1 Å². The number of halogens is 1. The minimum atomic E-state index is -0.238. The molecule has 0 saturated carbocycles. The molecule has 3 aromatic rings. The SMILES string of the molecule is Cc1ccc2c(n1)-c1cc3c(F)cccc3n1C(CC=O)C2. The Labute approximate surface area is 127 Å². The fourth-order valence-corrected chi connectivity index (χ4v) is 3.41. The lowest BCUT2D eigenvalue weighted by atomic mass is 9.96. The molecule has 0 bridgehead atoms. The van der Waals surface area contributed by atoms with E-state index in [0.29, 0.717) is 11.8 Å². The van der Waals surface area contributed by atoms with Crippen molar-refractivity contribution in [3.8, 4) is 11.4 Å². The average Bonchev–Trinajstić information content (AvgIpc) is 2.90. The molecular formula is C18H15FN2O. The number of hydrogen-bond acceptors (Lipinski definition) is 2. The molecule has 1 atom stereocenters. The summed E-state index contributed by atoms with van der Waals surface area (Å²) in [5.41, 5.74) is 4.68. The molecule has 0 N–H and O–H groups in total. The summed E-state index contributed by atoms with van der Waals surface area (Å²) in [5.74, 6) is -0.238. The number of fused-ring (bicyclic) bond motifs is 5. The maximum atomic E-state index is 14.1. The fraction of sp³-hybridized carbons (Fsp3) is 0.222. The summed E-state index contributed by atoms with van der Waals surface area (Å²) in [6.07, 6.45) is 2.10. The molecule has 0 aliphatic carbocycles. The molecule has 2 aromatic heterocycles. The van der Waals surface area contributed by atoms with Gasteiger partial charge < -0.3 is 9.36 Å². The lowest BCUT2D eigenvalue weighted by Crippen LogP contribution is -2.19. The monoisotopic (exact) mass is 294 g/mol. The summed E-state index contributed by atoms with van der Waals surface area (Å²) in [6.45, 7) is 1.95. The van der Waals surface area contributed by atoms with Crippen molar-refractivity contribution >= 4 is 17.2 Å². The Kier molecular flexibility index (Phi) is 2.86. The molecule has 0 spiro atoms. The van der Waals surface area contributed by atoms with Crippen LogP contribution in [0.2, 0.25) is 0 Å². The molecule has 1 aromatic carbocycles. The number of aryl methyl sites for hydroxylation is 1. The van der Waals surface area contributed by atoms with Crippen LogP contribution in [0.1, 0.15) is 23.7 Å². The number of rotatable bonds is 2. The van der Waals surface area contributed by atoms with Crippen molar-refractivity contribution in [2.45, 2.75) is 25.8 Å². The summed E-state index contributed by atoms with van der Waals surface area (Å²) < 4.78 is 16.2. The van der Waals surface area contributed by atoms with Crippen LogP contribution in [-0.2, 0) is 11.2 Å². The highest BCUT2D eigenvalue weighted by molar-refractivity contribution is 5.88. The van der Waals surface area contributed by atoms with E-state index in [1.807, 2.05) is 25.1 Å². The Balaban J connectivity index is 2.07. The van der Waals surface area contributed by atoms with Gasteiger partial charge in [-0.05, 0) is 43.2 Å².